The summed E-state index contributed by atoms with van der Waals surface area (Å²) in [7, 11) is 0. The first-order chi connectivity index (χ1) is 16.1. The van der Waals surface area contributed by atoms with E-state index in [9.17, 15) is 9.59 Å². The summed E-state index contributed by atoms with van der Waals surface area (Å²) in [5.74, 6) is -0.520. The van der Waals surface area contributed by atoms with E-state index in [1.54, 1.807) is 24.6 Å². The molecule has 170 valence electrons. The highest BCUT2D eigenvalue weighted by Crippen LogP contribution is 2.35. The summed E-state index contributed by atoms with van der Waals surface area (Å²) in [5.41, 5.74) is 1.43. The van der Waals surface area contributed by atoms with Gasteiger partial charge in [-0.2, -0.15) is 0 Å². The lowest BCUT2D eigenvalue weighted by molar-refractivity contribution is -0.113. The van der Waals surface area contributed by atoms with Crippen molar-refractivity contribution in [2.24, 2.45) is 0 Å². The van der Waals surface area contributed by atoms with E-state index in [4.69, 9.17) is 4.74 Å². The number of nitrogens with one attached hydrogen (secondary N) is 1. The summed E-state index contributed by atoms with van der Waals surface area (Å²) in [6.07, 6.45) is 2.56. The number of esters is 1. The second-order valence-electron chi connectivity index (χ2n) is 6.91. The SMILES string of the molecule is CCOC(=O)c1sc(-c2ccccc2)cc1NC(=O)CSc1nncn1CCc1cccs1. The maximum atomic E-state index is 12.7. The van der Waals surface area contributed by atoms with Gasteiger partial charge in [0, 0.05) is 16.3 Å². The summed E-state index contributed by atoms with van der Waals surface area (Å²) in [5, 5.41) is 13.7. The number of rotatable bonds is 10. The molecule has 4 aromatic rings. The highest BCUT2D eigenvalue weighted by molar-refractivity contribution is 7.99. The molecule has 0 atom stereocenters. The predicted octanol–water partition coefficient (Wildman–Crippen LogP) is 5.22. The first-order valence-corrected chi connectivity index (χ1v) is 13.0. The molecule has 0 radical (unpaired) electrons. The Balaban J connectivity index is 1.41. The van der Waals surface area contributed by atoms with Gasteiger partial charge in [0.25, 0.3) is 0 Å². The van der Waals surface area contributed by atoms with Crippen molar-refractivity contribution in [2.75, 3.05) is 17.7 Å². The van der Waals surface area contributed by atoms with Crippen LogP contribution in [0.3, 0.4) is 0 Å². The second kappa shape index (κ2) is 11.3. The summed E-state index contributed by atoms with van der Waals surface area (Å²) in [6, 6.07) is 15.7. The van der Waals surface area contributed by atoms with Crippen LogP contribution in [0.4, 0.5) is 5.69 Å². The number of carbonyl (C=O) groups excluding carboxylic acids is 2. The largest absolute Gasteiger partial charge is 0.462 e. The Morgan fingerprint density at radius 1 is 1.18 bits per heavy atom. The number of hydrogen-bond donors (Lipinski definition) is 1. The average Bonchev–Trinajstić information content (AvgIpc) is 3.58. The lowest BCUT2D eigenvalue weighted by atomic mass is 10.2. The standard InChI is InChI=1S/C23H22N4O3S3/c1-2-30-22(29)21-18(13-19(33-21)16-7-4-3-5-8-16)25-20(28)14-32-23-26-24-15-27(23)11-10-17-9-6-12-31-17/h3-9,12-13,15H,2,10-11,14H2,1H3,(H,25,28). The minimum Gasteiger partial charge on any atom is -0.462 e. The van der Waals surface area contributed by atoms with Crippen LogP contribution in [-0.2, 0) is 22.5 Å². The number of aromatic nitrogens is 3. The van der Waals surface area contributed by atoms with Crippen LogP contribution in [0.1, 0.15) is 21.5 Å². The molecule has 7 nitrogen and oxygen atoms in total. The van der Waals surface area contributed by atoms with E-state index >= 15 is 0 Å². The van der Waals surface area contributed by atoms with Crippen molar-refractivity contribution in [3.8, 4) is 10.4 Å². The molecule has 1 aromatic carbocycles. The van der Waals surface area contributed by atoms with Gasteiger partial charge in [-0.15, -0.1) is 32.9 Å². The number of hydrogen-bond acceptors (Lipinski definition) is 8. The van der Waals surface area contributed by atoms with Gasteiger partial charge in [-0.25, -0.2) is 4.79 Å². The fourth-order valence-electron chi connectivity index (χ4n) is 3.09. The molecule has 0 aliphatic heterocycles. The van der Waals surface area contributed by atoms with E-state index in [2.05, 4.69) is 27.0 Å². The lowest BCUT2D eigenvalue weighted by Crippen LogP contribution is -2.16. The fraction of sp³-hybridized carbons (Fsp3) is 0.217. The van der Waals surface area contributed by atoms with Crippen LogP contribution in [0.2, 0.25) is 0 Å². The molecular weight excluding hydrogens is 476 g/mol. The molecule has 0 spiro atoms. The summed E-state index contributed by atoms with van der Waals surface area (Å²) in [4.78, 5) is 27.7. The Labute approximate surface area is 203 Å². The molecule has 3 aromatic heterocycles. The predicted molar refractivity (Wildman–Crippen MR) is 133 cm³/mol. The van der Waals surface area contributed by atoms with Crippen molar-refractivity contribution in [2.45, 2.75) is 25.0 Å². The van der Waals surface area contributed by atoms with Gasteiger partial charge >= 0.3 is 5.97 Å². The van der Waals surface area contributed by atoms with Crippen LogP contribution in [0.5, 0.6) is 0 Å². The zero-order valence-corrected chi connectivity index (χ0v) is 20.3. The van der Waals surface area contributed by atoms with Gasteiger partial charge in [0.1, 0.15) is 11.2 Å². The third-order valence-electron chi connectivity index (χ3n) is 4.62. The minimum absolute atomic E-state index is 0.149. The molecule has 1 amide bonds. The van der Waals surface area contributed by atoms with Crippen molar-refractivity contribution in [1.29, 1.82) is 0 Å². The van der Waals surface area contributed by atoms with E-state index < -0.39 is 5.97 Å². The number of carbonyl (C=O) groups is 2. The number of amides is 1. The highest BCUT2D eigenvalue weighted by atomic mass is 32.2. The van der Waals surface area contributed by atoms with Crippen LogP contribution in [0.15, 0.2) is 65.4 Å². The van der Waals surface area contributed by atoms with Gasteiger partial charge in [0.05, 0.1) is 18.0 Å². The van der Waals surface area contributed by atoms with Gasteiger partial charge in [0.2, 0.25) is 5.91 Å². The first-order valence-electron chi connectivity index (χ1n) is 10.3. The van der Waals surface area contributed by atoms with Crippen molar-refractivity contribution < 1.29 is 14.3 Å². The van der Waals surface area contributed by atoms with Crippen molar-refractivity contribution in [3.05, 3.63) is 70.0 Å². The molecular formula is C23H22N4O3S3. The molecule has 0 unspecified atom stereocenters. The number of anilines is 1. The Hall–Kier alpha value is -2.95. The number of benzene rings is 1. The monoisotopic (exact) mass is 498 g/mol. The Kier molecular flexibility index (Phi) is 7.92. The molecule has 0 saturated carbocycles. The quantitative estimate of drug-likeness (QED) is 0.238. The number of nitrogens with zero attached hydrogens (tertiary/aromatic N) is 3. The zero-order valence-electron chi connectivity index (χ0n) is 17.9. The van der Waals surface area contributed by atoms with E-state index in [1.807, 2.05) is 47.0 Å². The molecule has 33 heavy (non-hydrogen) atoms. The Morgan fingerprint density at radius 2 is 2.03 bits per heavy atom. The van der Waals surface area contributed by atoms with E-state index in [0.29, 0.717) is 15.7 Å². The molecule has 0 aliphatic carbocycles. The number of aryl methyl sites for hydroxylation is 2. The molecule has 3 heterocycles. The number of thiophene rings is 2. The van der Waals surface area contributed by atoms with E-state index in [-0.39, 0.29) is 18.3 Å². The van der Waals surface area contributed by atoms with Crippen LogP contribution in [-0.4, -0.2) is 39.0 Å². The van der Waals surface area contributed by atoms with Crippen molar-refractivity contribution in [1.82, 2.24) is 14.8 Å². The summed E-state index contributed by atoms with van der Waals surface area (Å²) in [6.45, 7) is 2.77. The molecule has 4 rings (SSSR count). The van der Waals surface area contributed by atoms with Crippen LogP contribution in [0.25, 0.3) is 10.4 Å². The van der Waals surface area contributed by atoms with Crippen LogP contribution < -0.4 is 5.32 Å². The van der Waals surface area contributed by atoms with Gasteiger partial charge in [-0.05, 0) is 36.4 Å². The molecule has 1 N–H and O–H groups in total. The van der Waals surface area contributed by atoms with Gasteiger partial charge in [-0.1, -0.05) is 48.2 Å². The Morgan fingerprint density at radius 3 is 2.79 bits per heavy atom. The molecule has 0 fully saturated rings. The first kappa shape index (κ1) is 23.2. The topological polar surface area (TPSA) is 86.1 Å². The second-order valence-corrected chi connectivity index (χ2v) is 9.94. The molecule has 0 saturated heterocycles. The zero-order chi connectivity index (χ0) is 23.0. The molecule has 0 bridgehead atoms. The van der Waals surface area contributed by atoms with Crippen LogP contribution in [0, 0.1) is 0 Å². The third-order valence-corrected chi connectivity index (χ3v) is 7.70. The summed E-state index contributed by atoms with van der Waals surface area (Å²) >= 11 is 4.33. The third kappa shape index (κ3) is 6.10. The van der Waals surface area contributed by atoms with Gasteiger partial charge < -0.3 is 14.6 Å². The lowest BCUT2D eigenvalue weighted by Gasteiger charge is -2.07. The summed E-state index contributed by atoms with van der Waals surface area (Å²) < 4.78 is 7.13. The molecule has 10 heteroatoms. The highest BCUT2D eigenvalue weighted by Gasteiger charge is 2.20. The van der Waals surface area contributed by atoms with Gasteiger partial charge in [0.15, 0.2) is 5.16 Å². The Bertz CT molecular complexity index is 1200. The number of ether oxygens (including phenoxy) is 1. The minimum atomic E-state index is -0.444. The fourth-order valence-corrected chi connectivity index (χ4v) is 5.54. The normalized spacial score (nSPS) is 10.8. The average molecular weight is 499 g/mol. The van der Waals surface area contributed by atoms with Crippen molar-refractivity contribution >= 4 is 52.0 Å². The maximum Gasteiger partial charge on any atom is 0.350 e. The molecule has 0 aliphatic rings. The smallest absolute Gasteiger partial charge is 0.350 e. The van der Waals surface area contributed by atoms with E-state index in [1.165, 1.54) is 28.0 Å². The van der Waals surface area contributed by atoms with Crippen molar-refractivity contribution in [3.63, 3.8) is 0 Å². The van der Waals surface area contributed by atoms with E-state index in [0.717, 1.165) is 23.4 Å². The number of thioether (sulfide) groups is 1. The maximum absolute atomic E-state index is 12.7. The van der Waals surface area contributed by atoms with Crippen LogP contribution >= 0.6 is 34.4 Å². The van der Waals surface area contributed by atoms with Gasteiger partial charge in [-0.3, -0.25) is 4.79 Å².